The molecule has 25 heavy (non-hydrogen) atoms. The predicted octanol–water partition coefficient (Wildman–Crippen LogP) is 4.92. The minimum Gasteiger partial charge on any atom is -0.316 e. The summed E-state index contributed by atoms with van der Waals surface area (Å²) >= 11 is 0. The minimum atomic E-state index is -0.258. The van der Waals surface area contributed by atoms with E-state index in [1.54, 1.807) is 24.4 Å². The molecule has 2 aromatic heterocycles. The van der Waals surface area contributed by atoms with E-state index in [1.807, 2.05) is 48.0 Å². The van der Waals surface area contributed by atoms with Gasteiger partial charge in [-0.1, -0.05) is 30.7 Å². The third-order valence-corrected chi connectivity index (χ3v) is 3.79. The molecule has 0 aliphatic rings. The number of hydrogen-bond donors (Lipinski definition) is 0. The van der Waals surface area contributed by atoms with Crippen LogP contribution in [0.3, 0.4) is 0 Å². The van der Waals surface area contributed by atoms with Gasteiger partial charge in [-0.15, -0.1) is 0 Å². The first-order valence-electron chi connectivity index (χ1n) is 7.89. The van der Waals surface area contributed by atoms with Crippen molar-refractivity contribution in [1.82, 2.24) is 9.55 Å². The number of halogens is 1. The van der Waals surface area contributed by atoms with Gasteiger partial charge in [0.15, 0.2) is 0 Å². The van der Waals surface area contributed by atoms with Crippen molar-refractivity contribution in [1.29, 1.82) is 0 Å². The quantitative estimate of drug-likeness (QED) is 0.493. The van der Waals surface area contributed by atoms with Crippen molar-refractivity contribution < 1.29 is 4.39 Å². The van der Waals surface area contributed by atoms with E-state index < -0.39 is 0 Å². The molecule has 122 valence electrons. The standard InChI is InChI=1S/C22H17FN2/c1-3-4-8-22-17(2)18(9-12-20-7-5-6-15-24-20)16-25(22)21-13-10-19(23)11-14-21/h3-8,10-11,13-16H,1H2,2H3/b8-4-. The van der Waals surface area contributed by atoms with Crippen LogP contribution in [0, 0.1) is 24.6 Å². The first-order chi connectivity index (χ1) is 12.2. The van der Waals surface area contributed by atoms with Crippen molar-refractivity contribution in [2.24, 2.45) is 0 Å². The molecule has 2 nitrogen and oxygen atoms in total. The normalized spacial score (nSPS) is 10.5. The highest BCUT2D eigenvalue weighted by Gasteiger charge is 2.10. The minimum absolute atomic E-state index is 0.258. The highest BCUT2D eigenvalue weighted by molar-refractivity contribution is 5.61. The highest BCUT2D eigenvalue weighted by atomic mass is 19.1. The van der Waals surface area contributed by atoms with E-state index in [0.29, 0.717) is 0 Å². The number of rotatable bonds is 3. The first-order valence-corrected chi connectivity index (χ1v) is 7.89. The average Bonchev–Trinajstić information content (AvgIpc) is 2.95. The fourth-order valence-electron chi connectivity index (χ4n) is 2.49. The lowest BCUT2D eigenvalue weighted by Crippen LogP contribution is -1.95. The molecule has 1 aromatic carbocycles. The number of aromatic nitrogens is 2. The Morgan fingerprint density at radius 1 is 1.12 bits per heavy atom. The molecule has 0 aliphatic carbocycles. The Morgan fingerprint density at radius 2 is 1.92 bits per heavy atom. The van der Waals surface area contributed by atoms with Gasteiger partial charge in [0.25, 0.3) is 0 Å². The van der Waals surface area contributed by atoms with Crippen LogP contribution in [0.4, 0.5) is 4.39 Å². The number of hydrogen-bond acceptors (Lipinski definition) is 1. The maximum atomic E-state index is 13.2. The van der Waals surface area contributed by atoms with E-state index in [-0.39, 0.29) is 5.82 Å². The Morgan fingerprint density at radius 3 is 2.60 bits per heavy atom. The molecule has 0 bridgehead atoms. The van der Waals surface area contributed by atoms with Crippen LogP contribution in [0.2, 0.25) is 0 Å². The van der Waals surface area contributed by atoms with Gasteiger partial charge in [0.2, 0.25) is 0 Å². The lowest BCUT2D eigenvalue weighted by atomic mass is 10.1. The summed E-state index contributed by atoms with van der Waals surface area (Å²) in [7, 11) is 0. The van der Waals surface area contributed by atoms with Crippen LogP contribution in [0.5, 0.6) is 0 Å². The molecule has 0 N–H and O–H groups in total. The Balaban J connectivity index is 2.09. The highest BCUT2D eigenvalue weighted by Crippen LogP contribution is 2.22. The smallest absolute Gasteiger partial charge is 0.123 e. The number of nitrogens with zero attached hydrogens (tertiary/aromatic N) is 2. The van der Waals surface area contributed by atoms with Crippen LogP contribution in [-0.2, 0) is 0 Å². The summed E-state index contributed by atoms with van der Waals surface area (Å²) in [6.45, 7) is 5.74. The van der Waals surface area contributed by atoms with Gasteiger partial charge in [-0.2, -0.15) is 0 Å². The van der Waals surface area contributed by atoms with Gasteiger partial charge in [0.05, 0.1) is 0 Å². The topological polar surface area (TPSA) is 17.8 Å². The van der Waals surface area contributed by atoms with Gasteiger partial charge < -0.3 is 4.57 Å². The molecule has 3 heteroatoms. The van der Waals surface area contributed by atoms with E-state index in [2.05, 4.69) is 23.4 Å². The summed E-state index contributed by atoms with van der Waals surface area (Å²) in [5.74, 6) is 6.00. The van der Waals surface area contributed by atoms with Crippen molar-refractivity contribution in [2.75, 3.05) is 0 Å². The lowest BCUT2D eigenvalue weighted by Gasteiger charge is -2.06. The molecule has 0 saturated heterocycles. The molecule has 3 rings (SSSR count). The van der Waals surface area contributed by atoms with Crippen LogP contribution in [0.1, 0.15) is 22.5 Å². The van der Waals surface area contributed by atoms with Crippen molar-refractivity contribution in [3.8, 4) is 17.5 Å². The van der Waals surface area contributed by atoms with Gasteiger partial charge in [-0.25, -0.2) is 9.37 Å². The molecule has 0 unspecified atom stereocenters. The van der Waals surface area contributed by atoms with Crippen molar-refractivity contribution in [2.45, 2.75) is 6.92 Å². The zero-order valence-electron chi connectivity index (χ0n) is 13.9. The number of benzene rings is 1. The summed E-state index contributed by atoms with van der Waals surface area (Å²) in [6, 6.07) is 12.0. The lowest BCUT2D eigenvalue weighted by molar-refractivity contribution is 0.627. The zero-order chi connectivity index (χ0) is 17.6. The molecule has 3 aromatic rings. The predicted molar refractivity (Wildman–Crippen MR) is 99.9 cm³/mol. The second-order valence-corrected chi connectivity index (χ2v) is 5.46. The molecule has 2 heterocycles. The summed E-state index contributed by atoms with van der Waals surface area (Å²) in [4.78, 5) is 4.22. The van der Waals surface area contributed by atoms with Crippen molar-refractivity contribution in [3.63, 3.8) is 0 Å². The van der Waals surface area contributed by atoms with Crippen LogP contribution < -0.4 is 0 Å². The van der Waals surface area contributed by atoms with E-state index in [1.165, 1.54) is 12.1 Å². The van der Waals surface area contributed by atoms with E-state index in [9.17, 15) is 4.39 Å². The molecule has 0 saturated carbocycles. The summed E-state index contributed by atoms with van der Waals surface area (Å²) < 4.78 is 15.2. The van der Waals surface area contributed by atoms with Crippen LogP contribution in [0.15, 0.2) is 73.6 Å². The molecule has 0 fully saturated rings. The zero-order valence-corrected chi connectivity index (χ0v) is 13.9. The largest absolute Gasteiger partial charge is 0.316 e. The summed E-state index contributed by atoms with van der Waals surface area (Å²) in [6.07, 6.45) is 9.25. The van der Waals surface area contributed by atoms with Crippen LogP contribution in [0.25, 0.3) is 11.8 Å². The van der Waals surface area contributed by atoms with E-state index >= 15 is 0 Å². The third-order valence-electron chi connectivity index (χ3n) is 3.79. The van der Waals surface area contributed by atoms with E-state index in [0.717, 1.165) is 28.2 Å². The van der Waals surface area contributed by atoms with Crippen molar-refractivity contribution >= 4 is 6.08 Å². The fourth-order valence-corrected chi connectivity index (χ4v) is 2.49. The van der Waals surface area contributed by atoms with E-state index in [4.69, 9.17) is 0 Å². The maximum Gasteiger partial charge on any atom is 0.123 e. The Labute approximate surface area is 147 Å². The Kier molecular flexibility index (Phi) is 4.92. The summed E-state index contributed by atoms with van der Waals surface area (Å²) in [5.41, 5.74) is 4.53. The molecular formula is C22H17FN2. The molecule has 0 amide bonds. The van der Waals surface area contributed by atoms with Gasteiger partial charge in [0.1, 0.15) is 11.5 Å². The molecular weight excluding hydrogens is 311 g/mol. The molecule has 0 radical (unpaired) electrons. The molecule has 0 spiro atoms. The van der Waals surface area contributed by atoms with Gasteiger partial charge in [-0.05, 0) is 60.9 Å². The van der Waals surface area contributed by atoms with Gasteiger partial charge in [0, 0.05) is 29.3 Å². The SMILES string of the molecule is C=C/C=C\c1c(C)c(C#Cc2ccccn2)cn1-c1ccc(F)cc1. The number of allylic oxidation sites excluding steroid dienone is 2. The van der Waals surface area contributed by atoms with Gasteiger partial charge >= 0.3 is 0 Å². The van der Waals surface area contributed by atoms with Crippen LogP contribution >= 0.6 is 0 Å². The average molecular weight is 328 g/mol. The molecule has 0 atom stereocenters. The number of pyridine rings is 1. The molecule has 0 aliphatic heterocycles. The first kappa shape index (κ1) is 16.5. The third kappa shape index (κ3) is 3.76. The van der Waals surface area contributed by atoms with Crippen LogP contribution in [-0.4, -0.2) is 9.55 Å². The summed E-state index contributed by atoms with van der Waals surface area (Å²) in [5, 5.41) is 0. The second-order valence-electron chi connectivity index (χ2n) is 5.46. The second kappa shape index (κ2) is 7.46. The Bertz CT molecular complexity index is 969. The monoisotopic (exact) mass is 328 g/mol. The maximum absolute atomic E-state index is 13.2. The van der Waals surface area contributed by atoms with Gasteiger partial charge in [-0.3, -0.25) is 0 Å². The fraction of sp³-hybridized carbons (Fsp3) is 0.0455. The van der Waals surface area contributed by atoms with Crippen molar-refractivity contribution in [3.05, 3.63) is 102 Å². The Hall–Kier alpha value is -3.38.